The largest absolute Gasteiger partial charge is 0.272 e. The fourth-order valence-electron chi connectivity index (χ4n) is 0.814. The van der Waals surface area contributed by atoms with Crippen LogP contribution in [-0.4, -0.2) is 13.4 Å². The van der Waals surface area contributed by atoms with Crippen LogP contribution < -0.4 is 0 Å². The van der Waals surface area contributed by atoms with Gasteiger partial charge in [0, 0.05) is 10.7 Å². The minimum atomic E-state index is -3.59. The van der Waals surface area contributed by atoms with E-state index in [0.717, 1.165) is 22.8 Å². The number of rotatable bonds is 2. The second-order valence-corrected chi connectivity index (χ2v) is 6.12. The molecule has 0 aliphatic heterocycles. The van der Waals surface area contributed by atoms with Gasteiger partial charge in [0.2, 0.25) is 0 Å². The number of halogens is 1. The maximum atomic E-state index is 10.9. The van der Waals surface area contributed by atoms with Gasteiger partial charge >= 0.3 is 0 Å². The Morgan fingerprint density at radius 3 is 2.42 bits per heavy atom. The molecule has 0 radical (unpaired) electrons. The monoisotopic (exact) mass is 225 g/mol. The molecule has 0 spiro atoms. The van der Waals surface area contributed by atoms with Crippen LogP contribution in [0.3, 0.4) is 0 Å². The zero-order chi connectivity index (χ0) is 9.35. The fraction of sp³-hybridized carbons (Fsp3) is 0.500. The summed E-state index contributed by atoms with van der Waals surface area (Å²) in [6, 6.07) is 0. The van der Waals surface area contributed by atoms with Crippen LogP contribution in [0.2, 0.25) is 0 Å². The quantitative estimate of drug-likeness (QED) is 0.723. The van der Waals surface area contributed by atoms with Gasteiger partial charge in [-0.05, 0) is 13.3 Å². The molecule has 68 valence electrons. The summed E-state index contributed by atoms with van der Waals surface area (Å²) in [5.41, 5.74) is 0.492. The van der Waals surface area contributed by atoms with Crippen molar-refractivity contribution in [1.82, 2.24) is 4.98 Å². The zero-order valence-electron chi connectivity index (χ0n) is 6.67. The van der Waals surface area contributed by atoms with Crippen LogP contribution in [0.5, 0.6) is 0 Å². The molecule has 3 nitrogen and oxygen atoms in total. The third-order valence-corrected chi connectivity index (χ3v) is 4.80. The molecule has 0 unspecified atom stereocenters. The van der Waals surface area contributed by atoms with Crippen molar-refractivity contribution in [2.24, 2.45) is 0 Å². The van der Waals surface area contributed by atoms with Gasteiger partial charge in [-0.2, -0.15) is 0 Å². The molecule has 0 atom stereocenters. The lowest BCUT2D eigenvalue weighted by Gasteiger charge is -1.87. The van der Waals surface area contributed by atoms with E-state index in [9.17, 15) is 8.42 Å². The average Bonchev–Trinajstić information content (AvgIpc) is 2.29. The molecular formula is C6H8ClNO2S2. The smallest absolute Gasteiger partial charge is 0.245 e. The van der Waals surface area contributed by atoms with E-state index in [2.05, 4.69) is 4.98 Å². The topological polar surface area (TPSA) is 47.0 Å². The Morgan fingerprint density at radius 2 is 2.17 bits per heavy atom. The van der Waals surface area contributed by atoms with Gasteiger partial charge in [-0.3, -0.25) is 0 Å². The molecule has 1 rings (SSSR count). The highest BCUT2D eigenvalue weighted by Gasteiger charge is 2.18. The van der Waals surface area contributed by atoms with E-state index < -0.39 is 9.05 Å². The Balaban J connectivity index is 3.27. The molecule has 0 aliphatic carbocycles. The van der Waals surface area contributed by atoms with Crippen molar-refractivity contribution in [3.05, 3.63) is 10.7 Å². The minimum absolute atomic E-state index is 0.168. The molecule has 0 amide bonds. The molecule has 0 bridgehead atoms. The molecule has 12 heavy (non-hydrogen) atoms. The van der Waals surface area contributed by atoms with Crippen LogP contribution in [-0.2, 0) is 15.5 Å². The lowest BCUT2D eigenvalue weighted by Crippen LogP contribution is -1.88. The summed E-state index contributed by atoms with van der Waals surface area (Å²) in [4.78, 5) is 4.05. The van der Waals surface area contributed by atoms with Crippen LogP contribution in [0.1, 0.15) is 17.6 Å². The number of hydrogen-bond acceptors (Lipinski definition) is 4. The first-order chi connectivity index (χ1) is 5.45. The standard InChI is InChI=1S/C6H8ClNO2S2/c1-3-5-8-4(2)6(11-5)12(7,9)10/h3H2,1-2H3. The molecule has 0 aromatic carbocycles. The Labute approximate surface area is 79.8 Å². The van der Waals surface area contributed by atoms with Crippen LogP contribution >= 0.6 is 22.0 Å². The van der Waals surface area contributed by atoms with E-state index in [-0.39, 0.29) is 4.21 Å². The summed E-state index contributed by atoms with van der Waals surface area (Å²) in [5.74, 6) is 0. The van der Waals surface area contributed by atoms with Gasteiger partial charge in [0.1, 0.15) is 0 Å². The van der Waals surface area contributed by atoms with Crippen molar-refractivity contribution < 1.29 is 8.42 Å². The van der Waals surface area contributed by atoms with E-state index in [0.29, 0.717) is 5.69 Å². The first-order valence-corrected chi connectivity index (χ1v) is 6.48. The van der Waals surface area contributed by atoms with Crippen molar-refractivity contribution in [3.8, 4) is 0 Å². The van der Waals surface area contributed by atoms with Crippen molar-refractivity contribution >= 4 is 31.1 Å². The van der Waals surface area contributed by atoms with Gasteiger partial charge in [0.15, 0.2) is 4.21 Å². The normalized spacial score (nSPS) is 11.9. The predicted octanol–water partition coefficient (Wildman–Crippen LogP) is 1.94. The van der Waals surface area contributed by atoms with Crippen molar-refractivity contribution in [2.75, 3.05) is 0 Å². The predicted molar refractivity (Wildman–Crippen MR) is 49.3 cm³/mol. The Bertz CT molecular complexity index is 382. The van der Waals surface area contributed by atoms with E-state index in [4.69, 9.17) is 10.7 Å². The number of aryl methyl sites for hydroxylation is 2. The second-order valence-electron chi connectivity index (χ2n) is 2.27. The summed E-state index contributed by atoms with van der Waals surface area (Å²) in [5, 5.41) is 0.798. The Hall–Kier alpha value is -0.130. The summed E-state index contributed by atoms with van der Waals surface area (Å²) >= 11 is 1.14. The molecule has 1 heterocycles. The summed E-state index contributed by atoms with van der Waals surface area (Å²) < 4.78 is 22.0. The minimum Gasteiger partial charge on any atom is -0.245 e. The third kappa shape index (κ3) is 1.97. The molecule has 0 saturated heterocycles. The molecule has 1 aromatic heterocycles. The highest BCUT2D eigenvalue weighted by Crippen LogP contribution is 2.26. The molecule has 0 aliphatic rings. The van der Waals surface area contributed by atoms with Gasteiger partial charge in [-0.1, -0.05) is 6.92 Å². The average molecular weight is 226 g/mol. The summed E-state index contributed by atoms with van der Waals surface area (Å²) in [6.07, 6.45) is 0.734. The Kier molecular flexibility index (Phi) is 2.75. The van der Waals surface area contributed by atoms with E-state index in [1.54, 1.807) is 6.92 Å². The van der Waals surface area contributed by atoms with Crippen LogP contribution in [0.25, 0.3) is 0 Å². The molecule has 6 heteroatoms. The van der Waals surface area contributed by atoms with E-state index in [1.807, 2.05) is 6.92 Å². The molecule has 0 N–H and O–H groups in total. The molecule has 0 fully saturated rings. The number of aromatic nitrogens is 1. The van der Waals surface area contributed by atoms with Gasteiger partial charge in [0.05, 0.1) is 10.7 Å². The SMILES string of the molecule is CCc1nc(C)c(S(=O)(=O)Cl)s1. The fourth-order valence-corrected chi connectivity index (χ4v) is 3.25. The van der Waals surface area contributed by atoms with Gasteiger partial charge < -0.3 is 0 Å². The Morgan fingerprint density at radius 1 is 1.58 bits per heavy atom. The van der Waals surface area contributed by atoms with Gasteiger partial charge in [0.25, 0.3) is 9.05 Å². The lowest BCUT2D eigenvalue weighted by atomic mass is 10.5. The van der Waals surface area contributed by atoms with Crippen LogP contribution in [0.4, 0.5) is 0 Å². The first kappa shape index (κ1) is 9.95. The van der Waals surface area contributed by atoms with Crippen molar-refractivity contribution in [1.29, 1.82) is 0 Å². The molecule has 0 saturated carbocycles. The zero-order valence-corrected chi connectivity index (χ0v) is 9.05. The maximum absolute atomic E-state index is 10.9. The van der Waals surface area contributed by atoms with Gasteiger partial charge in [-0.25, -0.2) is 13.4 Å². The molecular weight excluding hydrogens is 218 g/mol. The third-order valence-electron chi connectivity index (χ3n) is 1.32. The van der Waals surface area contributed by atoms with E-state index in [1.165, 1.54) is 0 Å². The summed E-state index contributed by atoms with van der Waals surface area (Å²) in [6.45, 7) is 3.56. The van der Waals surface area contributed by atoms with Crippen molar-refractivity contribution in [3.63, 3.8) is 0 Å². The number of nitrogens with zero attached hydrogens (tertiary/aromatic N) is 1. The second kappa shape index (κ2) is 3.32. The number of thiazole rings is 1. The maximum Gasteiger partial charge on any atom is 0.272 e. The highest BCUT2D eigenvalue weighted by molar-refractivity contribution is 8.15. The lowest BCUT2D eigenvalue weighted by molar-refractivity contribution is 0.610. The summed E-state index contributed by atoms with van der Waals surface area (Å²) in [7, 11) is 1.58. The number of hydrogen-bond donors (Lipinski definition) is 0. The van der Waals surface area contributed by atoms with Crippen LogP contribution in [0, 0.1) is 6.92 Å². The first-order valence-electron chi connectivity index (χ1n) is 3.36. The van der Waals surface area contributed by atoms with Crippen molar-refractivity contribution in [2.45, 2.75) is 24.5 Å². The highest BCUT2D eigenvalue weighted by atomic mass is 35.7. The van der Waals surface area contributed by atoms with E-state index >= 15 is 0 Å². The molecule has 1 aromatic rings. The van der Waals surface area contributed by atoms with Crippen LogP contribution in [0.15, 0.2) is 4.21 Å². The van der Waals surface area contributed by atoms with Gasteiger partial charge in [-0.15, -0.1) is 11.3 Å².